The van der Waals surface area contributed by atoms with Crippen molar-refractivity contribution in [2.75, 3.05) is 26.8 Å². The Hall–Kier alpha value is -1.13. The molecule has 0 amide bonds. The number of likely N-dealkylation sites (N-methyl/N-ethyl adjacent to an activating group) is 1. The molecule has 0 radical (unpaired) electrons. The minimum absolute atomic E-state index is 0.272. The first-order valence-electron chi connectivity index (χ1n) is 5.63. The van der Waals surface area contributed by atoms with Gasteiger partial charge in [0, 0.05) is 25.4 Å². The monoisotopic (exact) mass is 222 g/mol. The third-order valence-electron chi connectivity index (χ3n) is 3.11. The highest BCUT2D eigenvalue weighted by Gasteiger charge is 2.29. The highest BCUT2D eigenvalue weighted by molar-refractivity contribution is 5.15. The number of pyridine rings is 1. The van der Waals surface area contributed by atoms with Crippen molar-refractivity contribution in [2.24, 2.45) is 5.92 Å². The predicted molar refractivity (Wildman–Crippen MR) is 61.3 cm³/mol. The summed E-state index contributed by atoms with van der Waals surface area (Å²) in [7, 11) is 2.08. The Morgan fingerprint density at radius 1 is 1.62 bits per heavy atom. The van der Waals surface area contributed by atoms with Gasteiger partial charge >= 0.3 is 0 Å². The normalized spacial score (nSPS) is 25.9. The molecule has 2 rings (SSSR count). The molecule has 16 heavy (non-hydrogen) atoms. The standard InChI is InChI=1S/C12H18N2O2/c1-14-7-10(8-15)5-11(14)9-16-12-3-2-4-13-6-12/h2-4,6,10-11,15H,5,7-9H2,1H3/t10-,11+/m1/s1. The smallest absolute Gasteiger partial charge is 0.137 e. The van der Waals surface area contributed by atoms with E-state index in [9.17, 15) is 0 Å². The van der Waals surface area contributed by atoms with Crippen LogP contribution in [-0.2, 0) is 0 Å². The highest BCUT2D eigenvalue weighted by Crippen LogP contribution is 2.21. The fraction of sp³-hybridized carbons (Fsp3) is 0.583. The fourth-order valence-electron chi connectivity index (χ4n) is 2.15. The van der Waals surface area contributed by atoms with E-state index in [2.05, 4.69) is 16.9 Å². The lowest BCUT2D eigenvalue weighted by Gasteiger charge is -2.19. The van der Waals surface area contributed by atoms with Crippen LogP contribution in [0.5, 0.6) is 5.75 Å². The van der Waals surface area contributed by atoms with Crippen molar-refractivity contribution in [3.05, 3.63) is 24.5 Å². The van der Waals surface area contributed by atoms with Gasteiger partial charge in [0.15, 0.2) is 0 Å². The van der Waals surface area contributed by atoms with Crippen molar-refractivity contribution >= 4 is 0 Å². The summed E-state index contributed by atoms with van der Waals surface area (Å²) < 4.78 is 5.67. The third-order valence-corrected chi connectivity index (χ3v) is 3.11. The minimum atomic E-state index is 0.272. The third kappa shape index (κ3) is 2.71. The van der Waals surface area contributed by atoms with E-state index < -0.39 is 0 Å². The largest absolute Gasteiger partial charge is 0.490 e. The van der Waals surface area contributed by atoms with Crippen LogP contribution in [-0.4, -0.2) is 47.8 Å². The molecule has 1 aromatic heterocycles. The first-order chi connectivity index (χ1) is 7.79. The maximum atomic E-state index is 9.11. The molecule has 1 aliphatic rings. The predicted octanol–water partition coefficient (Wildman–Crippen LogP) is 0.773. The van der Waals surface area contributed by atoms with Gasteiger partial charge in [-0.05, 0) is 31.5 Å². The number of hydrogen-bond acceptors (Lipinski definition) is 4. The number of nitrogens with zero attached hydrogens (tertiary/aromatic N) is 2. The Morgan fingerprint density at radius 3 is 3.12 bits per heavy atom. The summed E-state index contributed by atoms with van der Waals surface area (Å²) in [6.07, 6.45) is 4.46. The molecule has 4 nitrogen and oxygen atoms in total. The Balaban J connectivity index is 1.82. The molecule has 4 heteroatoms. The topological polar surface area (TPSA) is 45.6 Å². The lowest BCUT2D eigenvalue weighted by Crippen LogP contribution is -2.30. The average molecular weight is 222 g/mol. The van der Waals surface area contributed by atoms with Crippen LogP contribution in [0.3, 0.4) is 0 Å². The van der Waals surface area contributed by atoms with Crippen LogP contribution >= 0.6 is 0 Å². The van der Waals surface area contributed by atoms with E-state index in [-0.39, 0.29) is 6.61 Å². The summed E-state index contributed by atoms with van der Waals surface area (Å²) in [6, 6.07) is 4.17. The van der Waals surface area contributed by atoms with Gasteiger partial charge in [-0.3, -0.25) is 9.88 Å². The lowest BCUT2D eigenvalue weighted by atomic mass is 10.1. The van der Waals surface area contributed by atoms with Gasteiger partial charge in [-0.15, -0.1) is 0 Å². The number of likely N-dealkylation sites (tertiary alicyclic amines) is 1. The van der Waals surface area contributed by atoms with Gasteiger partial charge in [0.05, 0.1) is 6.20 Å². The molecule has 0 aromatic carbocycles. The molecule has 1 aromatic rings. The molecule has 0 aliphatic carbocycles. The van der Waals surface area contributed by atoms with Crippen LogP contribution in [0.15, 0.2) is 24.5 Å². The summed E-state index contributed by atoms with van der Waals surface area (Å²) in [5.41, 5.74) is 0. The molecule has 1 aliphatic heterocycles. The van der Waals surface area contributed by atoms with Crippen molar-refractivity contribution < 1.29 is 9.84 Å². The lowest BCUT2D eigenvalue weighted by molar-refractivity contribution is 0.197. The highest BCUT2D eigenvalue weighted by atomic mass is 16.5. The number of ether oxygens (including phenoxy) is 1. The van der Waals surface area contributed by atoms with E-state index in [1.54, 1.807) is 12.4 Å². The first-order valence-corrected chi connectivity index (χ1v) is 5.63. The minimum Gasteiger partial charge on any atom is -0.490 e. The van der Waals surface area contributed by atoms with E-state index in [1.807, 2.05) is 12.1 Å². The van der Waals surface area contributed by atoms with Crippen molar-refractivity contribution in [3.63, 3.8) is 0 Å². The van der Waals surface area contributed by atoms with Gasteiger partial charge in [0.2, 0.25) is 0 Å². The van der Waals surface area contributed by atoms with Gasteiger partial charge in [0.1, 0.15) is 12.4 Å². The van der Waals surface area contributed by atoms with Crippen LogP contribution in [0.4, 0.5) is 0 Å². The second kappa shape index (κ2) is 5.27. The quantitative estimate of drug-likeness (QED) is 0.817. The Labute approximate surface area is 95.9 Å². The maximum Gasteiger partial charge on any atom is 0.137 e. The van der Waals surface area contributed by atoms with Crippen molar-refractivity contribution in [2.45, 2.75) is 12.5 Å². The SMILES string of the molecule is CN1C[C@H](CO)C[C@H]1COc1cccnc1. The van der Waals surface area contributed by atoms with Gasteiger partial charge < -0.3 is 9.84 Å². The summed E-state index contributed by atoms with van der Waals surface area (Å²) in [5.74, 6) is 1.20. The van der Waals surface area contributed by atoms with E-state index in [0.29, 0.717) is 18.6 Å². The Bertz CT molecular complexity index is 318. The van der Waals surface area contributed by atoms with E-state index in [0.717, 1.165) is 18.7 Å². The molecule has 1 saturated heterocycles. The van der Waals surface area contributed by atoms with Crippen LogP contribution in [0.1, 0.15) is 6.42 Å². The second-order valence-electron chi connectivity index (χ2n) is 4.38. The van der Waals surface area contributed by atoms with Gasteiger partial charge in [-0.25, -0.2) is 0 Å². The summed E-state index contributed by atoms with van der Waals surface area (Å²) >= 11 is 0. The van der Waals surface area contributed by atoms with Crippen molar-refractivity contribution in [3.8, 4) is 5.75 Å². The van der Waals surface area contributed by atoms with Gasteiger partial charge in [-0.2, -0.15) is 0 Å². The van der Waals surface area contributed by atoms with Crippen LogP contribution in [0.25, 0.3) is 0 Å². The zero-order valence-corrected chi connectivity index (χ0v) is 9.54. The Kier molecular flexibility index (Phi) is 3.74. The molecule has 0 bridgehead atoms. The molecule has 2 atom stereocenters. The molecule has 1 N–H and O–H groups in total. The number of aliphatic hydroxyl groups excluding tert-OH is 1. The molecular formula is C12H18N2O2. The maximum absolute atomic E-state index is 9.11. The molecule has 0 spiro atoms. The van der Waals surface area contributed by atoms with Crippen LogP contribution < -0.4 is 4.74 Å². The Morgan fingerprint density at radius 2 is 2.50 bits per heavy atom. The first kappa shape index (κ1) is 11.4. The molecular weight excluding hydrogens is 204 g/mol. The zero-order chi connectivity index (χ0) is 11.4. The molecule has 1 fully saturated rings. The fourth-order valence-corrected chi connectivity index (χ4v) is 2.15. The molecule has 0 unspecified atom stereocenters. The molecule has 88 valence electrons. The number of rotatable bonds is 4. The second-order valence-corrected chi connectivity index (χ2v) is 4.38. The number of aliphatic hydroxyl groups is 1. The van der Waals surface area contributed by atoms with Crippen LogP contribution in [0, 0.1) is 5.92 Å². The summed E-state index contributed by atoms with van der Waals surface area (Å²) in [4.78, 5) is 6.25. The molecule has 2 heterocycles. The summed E-state index contributed by atoms with van der Waals surface area (Å²) in [6.45, 7) is 1.89. The number of hydrogen-bond donors (Lipinski definition) is 1. The van der Waals surface area contributed by atoms with Gasteiger partial charge in [0.25, 0.3) is 0 Å². The zero-order valence-electron chi connectivity index (χ0n) is 9.54. The van der Waals surface area contributed by atoms with E-state index >= 15 is 0 Å². The number of aromatic nitrogens is 1. The van der Waals surface area contributed by atoms with Gasteiger partial charge in [-0.1, -0.05) is 0 Å². The average Bonchev–Trinajstić information content (AvgIpc) is 2.69. The van der Waals surface area contributed by atoms with Crippen molar-refractivity contribution in [1.82, 2.24) is 9.88 Å². The van der Waals surface area contributed by atoms with Crippen molar-refractivity contribution in [1.29, 1.82) is 0 Å². The van der Waals surface area contributed by atoms with Crippen LogP contribution in [0.2, 0.25) is 0 Å². The van der Waals surface area contributed by atoms with E-state index in [1.165, 1.54) is 0 Å². The van der Waals surface area contributed by atoms with E-state index in [4.69, 9.17) is 9.84 Å². The summed E-state index contributed by atoms with van der Waals surface area (Å²) in [5, 5.41) is 9.11. The molecule has 0 saturated carbocycles.